The molecule has 0 saturated heterocycles. The first-order valence-corrected chi connectivity index (χ1v) is 10.1. The molecule has 0 saturated carbocycles. The molecule has 3 rings (SSSR count). The third-order valence-electron chi connectivity index (χ3n) is 4.83. The standard InChI is InChI=1S/C23H29N3O3/c1-18(27)24-15-7-3-4-10-23-25-21-8-5-6-9-22(21)26(23)16-17-29-20-13-11-19(28-2)12-14-20/h5-6,8-9,11-14H,3-4,7,10,15-17H2,1-2H3,(H,24,27). The predicted octanol–water partition coefficient (Wildman–Crippen LogP) is 3.97. The average Bonchev–Trinajstić information content (AvgIpc) is 3.08. The molecule has 0 fully saturated rings. The monoisotopic (exact) mass is 395 g/mol. The number of nitrogens with zero attached hydrogens (tertiary/aromatic N) is 2. The number of imidazole rings is 1. The van der Waals surface area contributed by atoms with Gasteiger partial charge in [-0.25, -0.2) is 4.98 Å². The number of aryl methyl sites for hydroxylation is 1. The SMILES string of the molecule is COc1ccc(OCCn2c(CCCCCNC(C)=O)nc3ccccc32)cc1. The van der Waals surface area contributed by atoms with Crippen LogP contribution in [0.1, 0.15) is 32.0 Å². The Morgan fingerprint density at radius 1 is 1.03 bits per heavy atom. The topological polar surface area (TPSA) is 65.4 Å². The first kappa shape index (κ1) is 20.7. The summed E-state index contributed by atoms with van der Waals surface area (Å²) in [4.78, 5) is 15.8. The van der Waals surface area contributed by atoms with Gasteiger partial charge in [0.2, 0.25) is 5.91 Å². The van der Waals surface area contributed by atoms with Crippen molar-refractivity contribution in [3.63, 3.8) is 0 Å². The number of ether oxygens (including phenoxy) is 2. The molecule has 0 bridgehead atoms. The molecule has 0 aliphatic rings. The number of nitrogens with one attached hydrogen (secondary N) is 1. The van der Waals surface area contributed by atoms with Gasteiger partial charge in [0, 0.05) is 19.9 Å². The summed E-state index contributed by atoms with van der Waals surface area (Å²) in [6.07, 6.45) is 4.01. The van der Waals surface area contributed by atoms with Gasteiger partial charge >= 0.3 is 0 Å². The van der Waals surface area contributed by atoms with E-state index in [4.69, 9.17) is 14.5 Å². The fourth-order valence-corrected chi connectivity index (χ4v) is 3.34. The first-order chi connectivity index (χ1) is 14.2. The Labute approximate surface area is 171 Å². The Bertz CT molecular complexity index is 919. The number of rotatable bonds is 11. The largest absolute Gasteiger partial charge is 0.497 e. The van der Waals surface area contributed by atoms with Gasteiger partial charge in [-0.1, -0.05) is 18.6 Å². The molecule has 6 heteroatoms. The van der Waals surface area contributed by atoms with E-state index in [0.29, 0.717) is 6.61 Å². The van der Waals surface area contributed by atoms with Gasteiger partial charge in [0.25, 0.3) is 0 Å². The second-order valence-corrected chi connectivity index (χ2v) is 6.99. The average molecular weight is 396 g/mol. The molecule has 154 valence electrons. The fourth-order valence-electron chi connectivity index (χ4n) is 3.34. The van der Waals surface area contributed by atoms with Crippen LogP contribution in [-0.2, 0) is 17.8 Å². The summed E-state index contributed by atoms with van der Waals surface area (Å²) >= 11 is 0. The molecule has 0 atom stereocenters. The Morgan fingerprint density at radius 2 is 1.79 bits per heavy atom. The number of hydrogen-bond acceptors (Lipinski definition) is 4. The maximum atomic E-state index is 10.9. The molecule has 1 aromatic heterocycles. The lowest BCUT2D eigenvalue weighted by atomic mass is 10.2. The van der Waals surface area contributed by atoms with E-state index in [1.807, 2.05) is 36.4 Å². The minimum atomic E-state index is 0.0312. The zero-order valence-corrected chi connectivity index (χ0v) is 17.2. The number of para-hydroxylation sites is 2. The highest BCUT2D eigenvalue weighted by Gasteiger charge is 2.10. The maximum absolute atomic E-state index is 10.9. The summed E-state index contributed by atoms with van der Waals surface area (Å²) in [5, 5.41) is 2.84. The van der Waals surface area contributed by atoms with Gasteiger partial charge < -0.3 is 19.4 Å². The highest BCUT2D eigenvalue weighted by atomic mass is 16.5. The molecule has 2 aromatic carbocycles. The lowest BCUT2D eigenvalue weighted by molar-refractivity contribution is -0.118. The normalized spacial score (nSPS) is 10.8. The van der Waals surface area contributed by atoms with E-state index in [0.717, 1.165) is 67.1 Å². The van der Waals surface area contributed by atoms with Crippen LogP contribution < -0.4 is 14.8 Å². The second-order valence-electron chi connectivity index (χ2n) is 6.99. The molecule has 1 heterocycles. The predicted molar refractivity (Wildman–Crippen MR) is 114 cm³/mol. The second kappa shape index (κ2) is 10.5. The molecule has 0 unspecified atom stereocenters. The fraction of sp³-hybridized carbons (Fsp3) is 0.391. The number of hydrogen-bond donors (Lipinski definition) is 1. The molecule has 0 radical (unpaired) electrons. The Hall–Kier alpha value is -3.02. The Balaban J connectivity index is 1.58. The molecule has 6 nitrogen and oxygen atoms in total. The third-order valence-corrected chi connectivity index (χ3v) is 4.83. The number of methoxy groups -OCH3 is 1. The van der Waals surface area contributed by atoms with Crippen molar-refractivity contribution in [3.05, 3.63) is 54.4 Å². The van der Waals surface area contributed by atoms with Crippen LogP contribution >= 0.6 is 0 Å². The minimum Gasteiger partial charge on any atom is -0.497 e. The van der Waals surface area contributed by atoms with E-state index in [1.54, 1.807) is 14.0 Å². The van der Waals surface area contributed by atoms with Gasteiger partial charge in [0.1, 0.15) is 23.9 Å². The van der Waals surface area contributed by atoms with Crippen LogP contribution in [0.3, 0.4) is 0 Å². The number of fused-ring (bicyclic) bond motifs is 1. The number of carbonyl (C=O) groups is 1. The van der Waals surface area contributed by atoms with Crippen molar-refractivity contribution < 1.29 is 14.3 Å². The van der Waals surface area contributed by atoms with Crippen LogP contribution in [0.2, 0.25) is 0 Å². The summed E-state index contributed by atoms with van der Waals surface area (Å²) in [5.74, 6) is 2.76. The lowest BCUT2D eigenvalue weighted by Crippen LogP contribution is -2.20. The van der Waals surface area contributed by atoms with Gasteiger partial charge in [-0.2, -0.15) is 0 Å². The maximum Gasteiger partial charge on any atom is 0.216 e. The van der Waals surface area contributed by atoms with Crippen molar-refractivity contribution in [1.29, 1.82) is 0 Å². The van der Waals surface area contributed by atoms with Crippen molar-refractivity contribution >= 4 is 16.9 Å². The van der Waals surface area contributed by atoms with E-state index < -0.39 is 0 Å². The van der Waals surface area contributed by atoms with E-state index in [9.17, 15) is 4.79 Å². The summed E-state index contributed by atoms with van der Waals surface area (Å²) in [6, 6.07) is 15.9. The molecule has 0 aliphatic carbocycles. The van der Waals surface area contributed by atoms with E-state index in [1.165, 1.54) is 0 Å². The lowest BCUT2D eigenvalue weighted by Gasteiger charge is -2.11. The van der Waals surface area contributed by atoms with Crippen molar-refractivity contribution in [2.45, 2.75) is 39.2 Å². The van der Waals surface area contributed by atoms with Gasteiger partial charge in [0.05, 0.1) is 24.7 Å². The molecule has 1 N–H and O–H groups in total. The molecule has 29 heavy (non-hydrogen) atoms. The van der Waals surface area contributed by atoms with Crippen molar-refractivity contribution in [1.82, 2.24) is 14.9 Å². The molecular formula is C23H29N3O3. The number of unbranched alkanes of at least 4 members (excludes halogenated alkanes) is 2. The van der Waals surface area contributed by atoms with Gasteiger partial charge in [0.15, 0.2) is 0 Å². The van der Waals surface area contributed by atoms with Crippen molar-refractivity contribution in [2.24, 2.45) is 0 Å². The zero-order chi connectivity index (χ0) is 20.5. The van der Waals surface area contributed by atoms with Gasteiger partial charge in [-0.3, -0.25) is 4.79 Å². The Kier molecular flexibility index (Phi) is 7.50. The summed E-state index contributed by atoms with van der Waals surface area (Å²) in [5.41, 5.74) is 2.16. The smallest absolute Gasteiger partial charge is 0.216 e. The van der Waals surface area contributed by atoms with Crippen molar-refractivity contribution in [2.75, 3.05) is 20.3 Å². The van der Waals surface area contributed by atoms with Gasteiger partial charge in [-0.15, -0.1) is 0 Å². The first-order valence-electron chi connectivity index (χ1n) is 10.1. The zero-order valence-electron chi connectivity index (χ0n) is 17.2. The van der Waals surface area contributed by atoms with Crippen LogP contribution in [0.15, 0.2) is 48.5 Å². The number of carbonyl (C=O) groups excluding carboxylic acids is 1. The van der Waals surface area contributed by atoms with Crippen LogP contribution in [0, 0.1) is 0 Å². The van der Waals surface area contributed by atoms with Crippen LogP contribution in [-0.4, -0.2) is 35.7 Å². The van der Waals surface area contributed by atoms with Crippen LogP contribution in [0.4, 0.5) is 0 Å². The number of benzene rings is 2. The number of amides is 1. The van der Waals surface area contributed by atoms with Crippen molar-refractivity contribution in [3.8, 4) is 11.5 Å². The molecule has 1 amide bonds. The summed E-state index contributed by atoms with van der Waals surface area (Å²) < 4.78 is 13.4. The quantitative estimate of drug-likeness (QED) is 0.499. The van der Waals surface area contributed by atoms with Crippen LogP contribution in [0.5, 0.6) is 11.5 Å². The van der Waals surface area contributed by atoms with Crippen LogP contribution in [0.25, 0.3) is 11.0 Å². The molecular weight excluding hydrogens is 366 g/mol. The minimum absolute atomic E-state index is 0.0312. The third kappa shape index (κ3) is 5.98. The summed E-state index contributed by atoms with van der Waals surface area (Å²) in [6.45, 7) is 3.60. The van der Waals surface area contributed by atoms with Gasteiger partial charge in [-0.05, 0) is 49.2 Å². The van der Waals surface area contributed by atoms with E-state index in [-0.39, 0.29) is 5.91 Å². The van der Waals surface area contributed by atoms with E-state index in [2.05, 4.69) is 22.0 Å². The number of aromatic nitrogens is 2. The highest BCUT2D eigenvalue weighted by Crippen LogP contribution is 2.19. The molecule has 3 aromatic rings. The molecule has 0 spiro atoms. The van der Waals surface area contributed by atoms with E-state index >= 15 is 0 Å². The molecule has 0 aliphatic heterocycles. The summed E-state index contributed by atoms with van der Waals surface area (Å²) in [7, 11) is 1.65. The highest BCUT2D eigenvalue weighted by molar-refractivity contribution is 5.75. The Morgan fingerprint density at radius 3 is 2.55 bits per heavy atom.